The molecule has 1 aliphatic rings. The summed E-state index contributed by atoms with van der Waals surface area (Å²) in [5.41, 5.74) is 0.859. The number of benzene rings is 1. The number of carbonyl (C=O) groups excluding carboxylic acids is 3. The lowest BCUT2D eigenvalue weighted by molar-refractivity contribution is -0.132. The van der Waals surface area contributed by atoms with Crippen molar-refractivity contribution in [2.75, 3.05) is 79.9 Å². The summed E-state index contributed by atoms with van der Waals surface area (Å²) in [5.74, 6) is -0.0215. The van der Waals surface area contributed by atoms with Crippen molar-refractivity contribution in [2.45, 2.75) is 84.0 Å². The average Bonchev–Trinajstić information content (AvgIpc) is 2.97. The van der Waals surface area contributed by atoms with E-state index in [1.54, 1.807) is 28.0 Å². The molecule has 0 saturated heterocycles. The van der Waals surface area contributed by atoms with Gasteiger partial charge in [0.15, 0.2) is 0 Å². The van der Waals surface area contributed by atoms with E-state index in [9.17, 15) is 19.5 Å². The molecule has 45 heavy (non-hydrogen) atoms. The minimum atomic E-state index is -0.478. The molecule has 1 aromatic rings. The van der Waals surface area contributed by atoms with E-state index in [4.69, 9.17) is 9.47 Å². The summed E-state index contributed by atoms with van der Waals surface area (Å²) in [6.45, 7) is 8.51. The third kappa shape index (κ3) is 13.7. The quantitative estimate of drug-likeness (QED) is 0.339. The number of nitrogens with zero attached hydrogens (tertiary/aromatic N) is 4. The second-order valence-corrected chi connectivity index (χ2v) is 13.1. The SMILES string of the molecule is C[C@@H]1CN([C@@H](C)CO)C(=O)c2cc(NC(=O)CCCN(C)C)ccc2O[C@@H](C)CCCCO[C@H]1CN(C)C(=O)CCCN(C)C. The van der Waals surface area contributed by atoms with Crippen LogP contribution in [0.3, 0.4) is 0 Å². The normalized spacial score (nSPS) is 20.7. The molecule has 0 unspecified atom stereocenters. The van der Waals surface area contributed by atoms with Crippen LogP contribution in [0.2, 0.25) is 0 Å². The van der Waals surface area contributed by atoms with Crippen LogP contribution in [0.4, 0.5) is 5.69 Å². The zero-order valence-corrected chi connectivity index (χ0v) is 29.0. The second kappa shape index (κ2) is 19.7. The van der Waals surface area contributed by atoms with Crippen molar-refractivity contribution in [3.63, 3.8) is 0 Å². The van der Waals surface area contributed by atoms with E-state index in [0.717, 1.165) is 45.2 Å². The summed E-state index contributed by atoms with van der Waals surface area (Å²) in [6.07, 6.45) is 4.42. The maximum absolute atomic E-state index is 14.3. The fourth-order valence-electron chi connectivity index (χ4n) is 5.35. The molecule has 0 bridgehead atoms. The Morgan fingerprint density at radius 1 is 1.04 bits per heavy atom. The first-order valence-corrected chi connectivity index (χ1v) is 16.5. The predicted molar refractivity (Wildman–Crippen MR) is 179 cm³/mol. The fourth-order valence-corrected chi connectivity index (χ4v) is 5.35. The van der Waals surface area contributed by atoms with Gasteiger partial charge in [-0.1, -0.05) is 6.92 Å². The Kier molecular flexibility index (Phi) is 16.8. The maximum atomic E-state index is 14.3. The highest BCUT2D eigenvalue weighted by Gasteiger charge is 2.31. The van der Waals surface area contributed by atoms with Crippen LogP contribution >= 0.6 is 0 Å². The van der Waals surface area contributed by atoms with Crippen molar-refractivity contribution in [3.8, 4) is 5.75 Å². The Morgan fingerprint density at radius 3 is 2.36 bits per heavy atom. The van der Waals surface area contributed by atoms with Crippen molar-refractivity contribution in [1.82, 2.24) is 19.6 Å². The first kappa shape index (κ1) is 38.5. The van der Waals surface area contributed by atoms with E-state index < -0.39 is 6.04 Å². The van der Waals surface area contributed by atoms with Gasteiger partial charge in [-0.15, -0.1) is 0 Å². The molecule has 0 fully saturated rings. The van der Waals surface area contributed by atoms with E-state index in [1.165, 1.54) is 0 Å². The van der Waals surface area contributed by atoms with Gasteiger partial charge in [-0.25, -0.2) is 0 Å². The van der Waals surface area contributed by atoms with Crippen molar-refractivity contribution in [2.24, 2.45) is 5.92 Å². The lowest BCUT2D eigenvalue weighted by Gasteiger charge is -2.36. The molecule has 0 aliphatic carbocycles. The first-order valence-electron chi connectivity index (χ1n) is 16.5. The Bertz CT molecular complexity index is 1070. The van der Waals surface area contributed by atoms with Crippen LogP contribution in [-0.4, -0.2) is 135 Å². The van der Waals surface area contributed by atoms with Crippen LogP contribution in [0, 0.1) is 5.92 Å². The standard InChI is InChI=1S/C34H59N5O6/c1-25-22-39(26(2)24-40)34(43)29-21-28(35-32(41)14-11-18-36(4)5)16-17-30(29)45-27(3)13-9-10-20-44-31(25)23-38(8)33(42)15-12-19-37(6)7/h16-17,21,25-27,31,40H,9-15,18-20,22-24H2,1-8H3,(H,35,41)/t25-,26+,27+,31+/m1/s1. The summed E-state index contributed by atoms with van der Waals surface area (Å²) in [6, 6.07) is 4.71. The third-order valence-corrected chi connectivity index (χ3v) is 8.22. The highest BCUT2D eigenvalue weighted by molar-refractivity contribution is 5.99. The van der Waals surface area contributed by atoms with Crippen LogP contribution in [-0.2, 0) is 14.3 Å². The van der Waals surface area contributed by atoms with Crippen LogP contribution in [0.25, 0.3) is 0 Å². The average molecular weight is 634 g/mol. The number of nitrogens with one attached hydrogen (secondary N) is 1. The van der Waals surface area contributed by atoms with E-state index in [-0.39, 0.29) is 42.5 Å². The van der Waals surface area contributed by atoms with Gasteiger partial charge in [0.1, 0.15) is 5.75 Å². The molecule has 0 spiro atoms. The van der Waals surface area contributed by atoms with Gasteiger partial charge in [-0.3, -0.25) is 14.4 Å². The molecule has 4 atom stereocenters. The molecular weight excluding hydrogens is 574 g/mol. The van der Waals surface area contributed by atoms with Gasteiger partial charge in [0.05, 0.1) is 30.4 Å². The third-order valence-electron chi connectivity index (χ3n) is 8.22. The van der Waals surface area contributed by atoms with Crippen LogP contribution in [0.1, 0.15) is 76.1 Å². The van der Waals surface area contributed by atoms with E-state index >= 15 is 0 Å². The molecule has 2 rings (SSSR count). The van der Waals surface area contributed by atoms with Gasteiger partial charge in [0.2, 0.25) is 11.8 Å². The number of aliphatic hydroxyl groups excluding tert-OH is 1. The summed E-state index contributed by atoms with van der Waals surface area (Å²) >= 11 is 0. The summed E-state index contributed by atoms with van der Waals surface area (Å²) in [5, 5.41) is 13.1. The lowest BCUT2D eigenvalue weighted by Crippen LogP contribution is -2.48. The first-order chi connectivity index (χ1) is 21.3. The van der Waals surface area contributed by atoms with Crippen molar-refractivity contribution in [3.05, 3.63) is 23.8 Å². The smallest absolute Gasteiger partial charge is 0.258 e. The Morgan fingerprint density at radius 2 is 1.71 bits per heavy atom. The number of carbonyl (C=O) groups is 3. The summed E-state index contributed by atoms with van der Waals surface area (Å²) in [7, 11) is 9.74. The van der Waals surface area contributed by atoms with Crippen molar-refractivity contribution >= 4 is 23.4 Å². The highest BCUT2D eigenvalue weighted by atomic mass is 16.5. The fraction of sp³-hybridized carbons (Fsp3) is 0.735. The molecule has 1 aliphatic heterocycles. The summed E-state index contributed by atoms with van der Waals surface area (Å²) in [4.78, 5) is 47.3. The molecule has 1 heterocycles. The maximum Gasteiger partial charge on any atom is 0.258 e. The van der Waals surface area contributed by atoms with Gasteiger partial charge in [-0.05, 0) is 105 Å². The molecule has 3 amide bonds. The Labute approximate surface area is 271 Å². The lowest BCUT2D eigenvalue weighted by atomic mass is 10.0. The molecular formula is C34H59N5O6. The largest absolute Gasteiger partial charge is 0.490 e. The number of likely N-dealkylation sites (N-methyl/N-ethyl adjacent to an activating group) is 1. The van der Waals surface area contributed by atoms with Crippen LogP contribution in [0.15, 0.2) is 18.2 Å². The van der Waals surface area contributed by atoms with Crippen LogP contribution in [0.5, 0.6) is 5.75 Å². The molecule has 0 radical (unpaired) electrons. The molecule has 11 heteroatoms. The van der Waals surface area contributed by atoms with E-state index in [0.29, 0.717) is 49.5 Å². The molecule has 11 nitrogen and oxygen atoms in total. The number of aliphatic hydroxyl groups is 1. The van der Waals surface area contributed by atoms with Crippen LogP contribution < -0.4 is 10.1 Å². The Hall–Kier alpha value is -2.73. The van der Waals surface area contributed by atoms with Gasteiger partial charge >= 0.3 is 0 Å². The number of ether oxygens (including phenoxy) is 2. The van der Waals surface area contributed by atoms with Gasteiger partial charge in [0, 0.05) is 51.2 Å². The molecule has 256 valence electrons. The van der Waals surface area contributed by atoms with E-state index in [2.05, 4.69) is 10.2 Å². The molecule has 0 saturated carbocycles. The number of hydrogen-bond acceptors (Lipinski definition) is 8. The van der Waals surface area contributed by atoms with Crippen molar-refractivity contribution < 1.29 is 29.0 Å². The zero-order chi connectivity index (χ0) is 33.5. The molecule has 0 aromatic heterocycles. The van der Waals surface area contributed by atoms with Crippen molar-refractivity contribution in [1.29, 1.82) is 0 Å². The molecule has 2 N–H and O–H groups in total. The number of amides is 3. The molecule has 1 aromatic carbocycles. The van der Waals surface area contributed by atoms with E-state index in [1.807, 2.05) is 60.9 Å². The van der Waals surface area contributed by atoms with Gasteiger partial charge in [-0.2, -0.15) is 0 Å². The number of rotatable bonds is 13. The predicted octanol–water partition coefficient (Wildman–Crippen LogP) is 3.56. The Balaban J connectivity index is 2.34. The highest BCUT2D eigenvalue weighted by Crippen LogP contribution is 2.28. The minimum absolute atomic E-state index is 0.0694. The number of hydrogen-bond donors (Lipinski definition) is 2. The van der Waals surface area contributed by atoms with Gasteiger partial charge < -0.3 is 39.5 Å². The second-order valence-electron chi connectivity index (χ2n) is 13.1. The van der Waals surface area contributed by atoms with Gasteiger partial charge in [0.25, 0.3) is 5.91 Å². The topological polar surface area (TPSA) is 115 Å². The minimum Gasteiger partial charge on any atom is -0.490 e. The number of fused-ring (bicyclic) bond motifs is 1. The number of anilines is 1. The zero-order valence-electron chi connectivity index (χ0n) is 29.0. The summed E-state index contributed by atoms with van der Waals surface area (Å²) < 4.78 is 12.7. The monoisotopic (exact) mass is 633 g/mol.